The number of para-hydroxylation sites is 2. The Morgan fingerprint density at radius 3 is 2.08 bits per heavy atom. The van der Waals surface area contributed by atoms with Gasteiger partial charge < -0.3 is 25.8 Å². The number of aromatic nitrogens is 2. The first-order valence-electron chi connectivity index (χ1n) is 11.1. The number of sulfonamides is 1. The third-order valence-corrected chi connectivity index (χ3v) is 6.71. The molecule has 1 heterocycles. The maximum atomic E-state index is 13.3. The van der Waals surface area contributed by atoms with Gasteiger partial charge in [-0.15, -0.1) is 0 Å². The number of primary amides is 1. The lowest BCUT2D eigenvalue weighted by atomic mass is 10.2. The van der Waals surface area contributed by atoms with Crippen LogP contribution in [0.2, 0.25) is 0 Å². The van der Waals surface area contributed by atoms with Crippen molar-refractivity contribution in [3.8, 4) is 11.5 Å². The molecule has 1 aromatic heterocycles. The van der Waals surface area contributed by atoms with E-state index in [1.807, 2.05) is 6.07 Å². The third kappa shape index (κ3) is 5.98. The van der Waals surface area contributed by atoms with Crippen molar-refractivity contribution in [3.05, 3.63) is 66.7 Å². The van der Waals surface area contributed by atoms with Crippen molar-refractivity contribution in [3.63, 3.8) is 0 Å². The summed E-state index contributed by atoms with van der Waals surface area (Å²) in [6.45, 7) is 1.58. The van der Waals surface area contributed by atoms with Crippen LogP contribution in [0.5, 0.6) is 11.5 Å². The molecule has 0 fully saturated rings. The molecule has 3 aromatic carbocycles. The number of amides is 1. The number of benzene rings is 3. The van der Waals surface area contributed by atoms with E-state index in [0.717, 1.165) is 0 Å². The van der Waals surface area contributed by atoms with Gasteiger partial charge in [-0.05, 0) is 37.3 Å². The van der Waals surface area contributed by atoms with E-state index in [9.17, 15) is 13.2 Å². The first-order valence-corrected chi connectivity index (χ1v) is 12.6. The summed E-state index contributed by atoms with van der Waals surface area (Å²) < 4.78 is 39.9. The van der Waals surface area contributed by atoms with Gasteiger partial charge in [0, 0.05) is 29.6 Å². The molecule has 0 bridgehead atoms. The van der Waals surface area contributed by atoms with Crippen LogP contribution in [0.3, 0.4) is 0 Å². The van der Waals surface area contributed by atoms with Crippen molar-refractivity contribution in [2.45, 2.75) is 17.9 Å². The molecule has 4 rings (SSSR count). The summed E-state index contributed by atoms with van der Waals surface area (Å²) >= 11 is 0. The fourth-order valence-electron chi connectivity index (χ4n) is 3.44. The molecule has 11 nitrogen and oxygen atoms in total. The normalized spacial score (nSPS) is 12.0. The fraction of sp³-hybridized carbons (Fsp3) is 0.160. The lowest BCUT2D eigenvalue weighted by molar-refractivity contribution is -0.118. The zero-order valence-corrected chi connectivity index (χ0v) is 21.2. The van der Waals surface area contributed by atoms with Gasteiger partial charge in [-0.2, -0.15) is 0 Å². The van der Waals surface area contributed by atoms with Crippen LogP contribution < -0.4 is 30.6 Å². The standard InChI is InChI=1S/C25H26N6O5S/c1-15(23(26)32)27-16-7-6-8-20(13-16)37(33,34)31-25-24(29-21-9-4-5-10-22(21)30-25)28-17-11-18(35-2)14-19(12-17)36-3/h4-15,27H,1-3H3,(H2,26,32)(H,28,29)(H,30,31)/t15-/m1/s1. The van der Waals surface area contributed by atoms with E-state index in [2.05, 4.69) is 25.3 Å². The van der Waals surface area contributed by atoms with Crippen molar-refractivity contribution in [2.75, 3.05) is 29.6 Å². The maximum Gasteiger partial charge on any atom is 0.263 e. The molecule has 12 heteroatoms. The van der Waals surface area contributed by atoms with Crippen molar-refractivity contribution < 1.29 is 22.7 Å². The second kappa shape index (κ2) is 10.6. The van der Waals surface area contributed by atoms with Crippen molar-refractivity contribution in [2.24, 2.45) is 5.73 Å². The lowest BCUT2D eigenvalue weighted by Crippen LogP contribution is -2.32. The number of fused-ring (bicyclic) bond motifs is 1. The van der Waals surface area contributed by atoms with Crippen molar-refractivity contribution >= 4 is 50.0 Å². The number of hydrogen-bond donors (Lipinski definition) is 4. The summed E-state index contributed by atoms with van der Waals surface area (Å²) in [4.78, 5) is 20.4. The topological polar surface area (TPSA) is 158 Å². The van der Waals surface area contributed by atoms with Crippen molar-refractivity contribution in [1.82, 2.24) is 9.97 Å². The predicted octanol–water partition coefficient (Wildman–Crippen LogP) is 3.48. The van der Waals surface area contributed by atoms with Crippen LogP contribution in [0, 0.1) is 0 Å². The van der Waals surface area contributed by atoms with E-state index in [1.165, 1.54) is 26.4 Å². The van der Waals surface area contributed by atoms with E-state index in [1.54, 1.807) is 55.5 Å². The number of nitrogens with two attached hydrogens (primary N) is 1. The van der Waals surface area contributed by atoms with Crippen LogP contribution in [0.15, 0.2) is 71.6 Å². The Hall–Kier alpha value is -4.58. The van der Waals surface area contributed by atoms with Gasteiger partial charge in [-0.25, -0.2) is 18.4 Å². The minimum atomic E-state index is -4.10. The number of hydrogen-bond acceptors (Lipinski definition) is 9. The molecule has 37 heavy (non-hydrogen) atoms. The molecule has 0 unspecified atom stereocenters. The summed E-state index contributed by atoms with van der Waals surface area (Å²) in [5, 5.41) is 5.99. The monoisotopic (exact) mass is 522 g/mol. The van der Waals surface area contributed by atoms with Crippen LogP contribution in [0.4, 0.5) is 23.0 Å². The van der Waals surface area contributed by atoms with E-state index in [-0.39, 0.29) is 16.5 Å². The molecule has 1 amide bonds. The third-order valence-electron chi connectivity index (χ3n) is 5.37. The van der Waals surface area contributed by atoms with E-state index in [0.29, 0.717) is 33.9 Å². The Morgan fingerprint density at radius 2 is 1.49 bits per heavy atom. The molecule has 0 aliphatic heterocycles. The van der Waals surface area contributed by atoms with Crippen LogP contribution >= 0.6 is 0 Å². The smallest absolute Gasteiger partial charge is 0.263 e. The van der Waals surface area contributed by atoms with Gasteiger partial charge >= 0.3 is 0 Å². The number of nitrogens with zero attached hydrogens (tertiary/aromatic N) is 2. The minimum Gasteiger partial charge on any atom is -0.497 e. The van der Waals surface area contributed by atoms with Crippen LogP contribution in [-0.4, -0.2) is 44.6 Å². The number of methoxy groups -OCH3 is 2. The quantitative estimate of drug-likeness (QED) is 0.245. The van der Waals surface area contributed by atoms with Gasteiger partial charge in [0.05, 0.1) is 30.1 Å². The van der Waals surface area contributed by atoms with Crippen LogP contribution in [-0.2, 0) is 14.8 Å². The lowest BCUT2D eigenvalue weighted by Gasteiger charge is -2.16. The highest BCUT2D eigenvalue weighted by atomic mass is 32.2. The number of ether oxygens (including phenoxy) is 2. The Kier molecular flexibility index (Phi) is 7.30. The van der Waals surface area contributed by atoms with Crippen molar-refractivity contribution in [1.29, 1.82) is 0 Å². The first kappa shape index (κ1) is 25.5. The van der Waals surface area contributed by atoms with E-state index in [4.69, 9.17) is 15.2 Å². The number of nitrogens with one attached hydrogen (secondary N) is 3. The maximum absolute atomic E-state index is 13.3. The number of carbonyl (C=O) groups excluding carboxylic acids is 1. The van der Waals surface area contributed by atoms with Crippen LogP contribution in [0.1, 0.15) is 6.92 Å². The van der Waals surface area contributed by atoms with Gasteiger partial charge in [-0.1, -0.05) is 18.2 Å². The Morgan fingerprint density at radius 1 is 0.865 bits per heavy atom. The summed E-state index contributed by atoms with van der Waals surface area (Å²) in [6.07, 6.45) is 0. The molecule has 0 radical (unpaired) electrons. The molecular weight excluding hydrogens is 496 g/mol. The molecule has 0 aliphatic rings. The molecule has 0 spiro atoms. The molecular formula is C25H26N6O5S. The SMILES string of the molecule is COc1cc(Nc2nc3ccccc3nc2NS(=O)(=O)c2cccc(N[C@H](C)C(N)=O)c2)cc(OC)c1. The molecule has 0 saturated heterocycles. The van der Waals surface area contributed by atoms with Crippen LogP contribution in [0.25, 0.3) is 11.0 Å². The van der Waals surface area contributed by atoms with Gasteiger partial charge in [0.25, 0.3) is 10.0 Å². The summed E-state index contributed by atoms with van der Waals surface area (Å²) in [5.41, 5.74) is 7.33. The zero-order chi connectivity index (χ0) is 26.6. The Balaban J connectivity index is 1.73. The number of carbonyl (C=O) groups is 1. The zero-order valence-electron chi connectivity index (χ0n) is 20.3. The average Bonchev–Trinajstić information content (AvgIpc) is 2.88. The summed E-state index contributed by atoms with van der Waals surface area (Å²) in [5.74, 6) is 0.667. The van der Waals surface area contributed by atoms with Gasteiger partial charge in [-0.3, -0.25) is 9.52 Å². The summed E-state index contributed by atoms with van der Waals surface area (Å²) in [6, 6.07) is 17.6. The molecule has 0 saturated carbocycles. The second-order valence-corrected chi connectivity index (χ2v) is 9.72. The Labute approximate surface area is 214 Å². The highest BCUT2D eigenvalue weighted by Gasteiger charge is 2.20. The second-order valence-electron chi connectivity index (χ2n) is 8.04. The Bertz CT molecular complexity index is 1540. The molecule has 192 valence electrons. The van der Waals surface area contributed by atoms with Gasteiger partial charge in [0.2, 0.25) is 5.91 Å². The molecule has 1 atom stereocenters. The van der Waals surface area contributed by atoms with E-state index >= 15 is 0 Å². The molecule has 0 aliphatic carbocycles. The fourth-order valence-corrected chi connectivity index (χ4v) is 4.49. The number of rotatable bonds is 10. The predicted molar refractivity (Wildman–Crippen MR) is 142 cm³/mol. The highest BCUT2D eigenvalue weighted by Crippen LogP contribution is 2.31. The largest absolute Gasteiger partial charge is 0.497 e. The highest BCUT2D eigenvalue weighted by molar-refractivity contribution is 7.92. The summed E-state index contributed by atoms with van der Waals surface area (Å²) in [7, 11) is -1.04. The molecule has 4 aromatic rings. The minimum absolute atomic E-state index is 0.00986. The van der Waals surface area contributed by atoms with Gasteiger partial charge in [0.1, 0.15) is 17.5 Å². The van der Waals surface area contributed by atoms with E-state index < -0.39 is 22.0 Å². The number of anilines is 4. The molecule has 5 N–H and O–H groups in total. The average molecular weight is 523 g/mol. The van der Waals surface area contributed by atoms with Gasteiger partial charge in [0.15, 0.2) is 11.6 Å². The first-order chi connectivity index (χ1) is 17.7.